The van der Waals surface area contributed by atoms with Crippen LogP contribution in [0.4, 0.5) is 0 Å². The van der Waals surface area contributed by atoms with E-state index in [1.807, 2.05) is 0 Å². The fraction of sp³-hybridized carbons (Fsp3) is 0.852. The Morgan fingerprint density at radius 2 is 1.11 bits per heavy atom. The summed E-state index contributed by atoms with van der Waals surface area (Å²) in [5.41, 5.74) is 0. The van der Waals surface area contributed by atoms with E-state index in [0.717, 1.165) is 14.2 Å². The van der Waals surface area contributed by atoms with Gasteiger partial charge in [-0.15, -0.1) is 0 Å². The van der Waals surface area contributed by atoms with E-state index in [1.165, 1.54) is 49.8 Å². The Morgan fingerprint density at radius 1 is 0.622 bits per heavy atom. The number of aliphatic hydroxyl groups excluding tert-OH is 2. The molecule has 0 aromatic carbocycles. The van der Waals surface area contributed by atoms with Gasteiger partial charge < -0.3 is 76.5 Å². The molecule has 2 fully saturated rings. The molecule has 0 aromatic heterocycles. The summed E-state index contributed by atoms with van der Waals surface area (Å²) in [5.74, 6) is -2.01. The molecule has 3 aliphatic heterocycles. The number of hydrogen-bond acceptors (Lipinski definition) is 18. The second-order valence-corrected chi connectivity index (χ2v) is 10.0. The van der Waals surface area contributed by atoms with Crippen LogP contribution in [0, 0.1) is 0 Å². The molecule has 0 spiro atoms. The highest BCUT2D eigenvalue weighted by Crippen LogP contribution is 2.36. The van der Waals surface area contributed by atoms with Gasteiger partial charge in [-0.05, 0) is 0 Å². The lowest BCUT2D eigenvalue weighted by Gasteiger charge is -2.48. The molecule has 45 heavy (non-hydrogen) atoms. The Morgan fingerprint density at radius 3 is 1.58 bits per heavy atom. The molecule has 0 amide bonds. The minimum Gasteiger partial charge on any atom is -0.506 e. The van der Waals surface area contributed by atoms with Gasteiger partial charge >= 0.3 is 11.9 Å². The average Bonchev–Trinajstić information content (AvgIpc) is 3.05. The van der Waals surface area contributed by atoms with Crippen LogP contribution in [0.1, 0.15) is 0 Å². The van der Waals surface area contributed by atoms with Crippen molar-refractivity contribution < 1.29 is 86.1 Å². The number of ether oxygens (including phenoxy) is 14. The predicted molar refractivity (Wildman–Crippen MR) is 145 cm³/mol. The summed E-state index contributed by atoms with van der Waals surface area (Å²) in [5, 5.41) is 21.2. The zero-order chi connectivity index (χ0) is 33.4. The van der Waals surface area contributed by atoms with Gasteiger partial charge in [0.2, 0.25) is 6.29 Å². The number of hydrogen-bond donors (Lipinski definition) is 2. The number of aliphatic hydroxyl groups is 2. The van der Waals surface area contributed by atoms with Crippen molar-refractivity contribution >= 4 is 11.9 Å². The van der Waals surface area contributed by atoms with Crippen LogP contribution in [-0.2, 0) is 75.9 Å². The van der Waals surface area contributed by atoms with Crippen molar-refractivity contribution in [3.05, 3.63) is 11.5 Å². The van der Waals surface area contributed by atoms with Crippen molar-refractivity contribution in [2.45, 2.75) is 79.9 Å². The van der Waals surface area contributed by atoms with E-state index in [2.05, 4.69) is 0 Å². The van der Waals surface area contributed by atoms with Gasteiger partial charge in [-0.2, -0.15) is 0 Å². The van der Waals surface area contributed by atoms with Crippen LogP contribution in [-0.4, -0.2) is 173 Å². The first-order chi connectivity index (χ1) is 21.6. The van der Waals surface area contributed by atoms with Crippen molar-refractivity contribution in [3.63, 3.8) is 0 Å². The average molecular weight is 657 g/mol. The number of methoxy groups -OCH3 is 9. The maximum absolute atomic E-state index is 13.2. The van der Waals surface area contributed by atoms with Gasteiger partial charge in [-0.1, -0.05) is 0 Å². The molecule has 2 saturated heterocycles. The van der Waals surface area contributed by atoms with Crippen LogP contribution in [0.15, 0.2) is 11.5 Å². The molecular weight excluding hydrogens is 612 g/mol. The molecule has 3 rings (SSSR count). The summed E-state index contributed by atoms with van der Waals surface area (Å²) in [6.45, 7) is -0.128. The van der Waals surface area contributed by atoms with E-state index in [9.17, 15) is 19.8 Å². The van der Waals surface area contributed by atoms with Crippen LogP contribution in [0.25, 0.3) is 0 Å². The monoisotopic (exact) mass is 656 g/mol. The third kappa shape index (κ3) is 7.69. The van der Waals surface area contributed by atoms with Gasteiger partial charge in [0.15, 0.2) is 42.4 Å². The SMILES string of the molecule is COCC1=C(O)[C@H](OC)[C@@H](OC)[C@@H](O[C@@H]2[C@H](OC)[C@@H](OC)[C@@H](O[C@@H]3[C@H](OC)[C@@H](OC)C(O)O[C@@H]3C(=O)OC)O[C@@H]2C(=O)OC)O1. The number of rotatable bonds is 14. The fourth-order valence-electron chi connectivity index (χ4n) is 5.55. The quantitative estimate of drug-likeness (QED) is 0.202. The van der Waals surface area contributed by atoms with E-state index in [-0.39, 0.29) is 18.1 Å². The largest absolute Gasteiger partial charge is 0.506 e. The molecule has 2 N–H and O–H groups in total. The second kappa shape index (κ2) is 17.1. The molecule has 18 heteroatoms. The molecule has 13 atom stereocenters. The Labute approximate surface area is 260 Å². The van der Waals surface area contributed by atoms with Gasteiger partial charge in [-0.25, -0.2) is 9.59 Å². The first-order valence-corrected chi connectivity index (χ1v) is 13.8. The standard InChI is InChI=1S/C27H44O18/c1-32-10-11-12(28)13(33-2)21(37-6)26(41-11)43-17-15(35-4)22(38-7)27(45-20(17)24(30)40-9)44-16-14(34-3)18(36-5)25(31)42-19(16)23(29)39-8/h13-22,25-28,31H,10H2,1-9H3/t13-,14-,15-,16+,17+,18+,19-,20-,21+,22+,25?,26+,27-/m0/s1. The summed E-state index contributed by atoms with van der Waals surface area (Å²) in [6, 6.07) is 0. The second-order valence-electron chi connectivity index (χ2n) is 10.0. The molecule has 1 unspecified atom stereocenters. The van der Waals surface area contributed by atoms with Gasteiger partial charge in [-0.3, -0.25) is 0 Å². The molecule has 18 nitrogen and oxygen atoms in total. The summed E-state index contributed by atoms with van der Waals surface area (Å²) < 4.78 is 78.3. The number of esters is 2. The van der Waals surface area contributed by atoms with Crippen LogP contribution in [0.5, 0.6) is 0 Å². The van der Waals surface area contributed by atoms with Gasteiger partial charge in [0.1, 0.15) is 49.3 Å². The lowest BCUT2D eigenvalue weighted by Crippen LogP contribution is -2.67. The molecule has 3 heterocycles. The highest BCUT2D eigenvalue weighted by Gasteiger charge is 2.57. The van der Waals surface area contributed by atoms with E-state index in [0.29, 0.717) is 0 Å². The fourth-order valence-corrected chi connectivity index (χ4v) is 5.55. The summed E-state index contributed by atoms with van der Waals surface area (Å²) in [4.78, 5) is 25.9. The lowest BCUT2D eigenvalue weighted by molar-refractivity contribution is -0.366. The minimum absolute atomic E-state index is 0.0131. The Balaban J connectivity index is 2.00. The Bertz CT molecular complexity index is 993. The van der Waals surface area contributed by atoms with E-state index >= 15 is 0 Å². The van der Waals surface area contributed by atoms with Gasteiger partial charge in [0, 0.05) is 49.8 Å². The molecule has 0 radical (unpaired) electrons. The third-order valence-electron chi connectivity index (χ3n) is 7.73. The Hall–Kier alpha value is -2.20. The molecule has 0 aliphatic carbocycles. The summed E-state index contributed by atoms with van der Waals surface area (Å²) >= 11 is 0. The Kier molecular flexibility index (Phi) is 14.2. The van der Waals surface area contributed by atoms with Crippen LogP contribution < -0.4 is 0 Å². The van der Waals surface area contributed by atoms with Crippen LogP contribution in [0.2, 0.25) is 0 Å². The minimum atomic E-state index is -1.57. The van der Waals surface area contributed by atoms with Crippen molar-refractivity contribution in [2.24, 2.45) is 0 Å². The van der Waals surface area contributed by atoms with Gasteiger partial charge in [0.25, 0.3) is 0 Å². The van der Waals surface area contributed by atoms with Crippen molar-refractivity contribution in [3.8, 4) is 0 Å². The number of carbonyl (C=O) groups excluding carboxylic acids is 2. The lowest BCUT2D eigenvalue weighted by atomic mass is 9.95. The van der Waals surface area contributed by atoms with Crippen molar-refractivity contribution in [2.75, 3.05) is 70.6 Å². The summed E-state index contributed by atoms with van der Waals surface area (Å²) in [6.07, 6.45) is -16.4. The molecule has 0 bridgehead atoms. The van der Waals surface area contributed by atoms with E-state index < -0.39 is 91.8 Å². The summed E-state index contributed by atoms with van der Waals surface area (Å²) in [7, 11) is 11.7. The normalized spacial score (nSPS) is 38.8. The first-order valence-electron chi connectivity index (χ1n) is 13.8. The molecule has 3 aliphatic rings. The smallest absolute Gasteiger partial charge is 0.337 e. The van der Waals surface area contributed by atoms with E-state index in [1.54, 1.807) is 0 Å². The highest BCUT2D eigenvalue weighted by molar-refractivity contribution is 5.76. The maximum atomic E-state index is 13.2. The zero-order valence-corrected chi connectivity index (χ0v) is 26.6. The molecule has 260 valence electrons. The molecule has 0 aromatic rings. The topological polar surface area (TPSA) is 204 Å². The van der Waals surface area contributed by atoms with Gasteiger partial charge in [0.05, 0.1) is 14.2 Å². The van der Waals surface area contributed by atoms with Crippen molar-refractivity contribution in [1.82, 2.24) is 0 Å². The number of carbonyl (C=O) groups is 2. The van der Waals surface area contributed by atoms with Crippen LogP contribution in [0.3, 0.4) is 0 Å². The third-order valence-corrected chi connectivity index (χ3v) is 7.73. The predicted octanol–water partition coefficient (Wildman–Crippen LogP) is -1.59. The molecule has 0 saturated carbocycles. The van der Waals surface area contributed by atoms with Crippen LogP contribution >= 0.6 is 0 Å². The first kappa shape index (κ1) is 37.3. The maximum Gasteiger partial charge on any atom is 0.337 e. The van der Waals surface area contributed by atoms with Crippen molar-refractivity contribution in [1.29, 1.82) is 0 Å². The zero-order valence-electron chi connectivity index (χ0n) is 26.6. The highest BCUT2D eigenvalue weighted by atomic mass is 16.8. The molecular formula is C27H44O18. The van der Waals surface area contributed by atoms with E-state index in [4.69, 9.17) is 66.3 Å².